The molecule has 2 aliphatic heterocycles. The van der Waals surface area contributed by atoms with Crippen LogP contribution in [0.15, 0.2) is 47.3 Å². The molecule has 1 fully saturated rings. The summed E-state index contributed by atoms with van der Waals surface area (Å²) in [6.07, 6.45) is 2.02. The Morgan fingerprint density at radius 2 is 2.07 bits per heavy atom. The van der Waals surface area contributed by atoms with Gasteiger partial charge in [-0.15, -0.1) is 0 Å². The molecular weight excluding hydrogens is 352 g/mol. The zero-order chi connectivity index (χ0) is 19.1. The summed E-state index contributed by atoms with van der Waals surface area (Å²) in [4.78, 5) is 24.9. The molecule has 1 saturated heterocycles. The number of hydrogen-bond donors (Lipinski definition) is 2. The molecule has 1 atom stereocenters. The van der Waals surface area contributed by atoms with Gasteiger partial charge in [0.2, 0.25) is 0 Å². The molecule has 0 spiro atoms. The minimum absolute atomic E-state index is 0.0905. The van der Waals surface area contributed by atoms with Crippen molar-refractivity contribution in [3.8, 4) is 0 Å². The first-order valence-electron chi connectivity index (χ1n) is 9.93. The molecule has 0 saturated carbocycles. The van der Waals surface area contributed by atoms with Crippen LogP contribution in [-0.4, -0.2) is 41.3 Å². The summed E-state index contributed by atoms with van der Waals surface area (Å²) in [5.74, 6) is 1.02. The van der Waals surface area contributed by atoms with E-state index in [0.29, 0.717) is 23.7 Å². The van der Waals surface area contributed by atoms with Crippen LogP contribution in [0.3, 0.4) is 0 Å². The Labute approximate surface area is 163 Å². The van der Waals surface area contributed by atoms with E-state index in [1.165, 1.54) is 11.3 Å². The van der Waals surface area contributed by atoms with Gasteiger partial charge >= 0.3 is 0 Å². The number of aliphatic hydroxyl groups excluding tert-OH is 1. The van der Waals surface area contributed by atoms with Crippen LogP contribution < -0.4 is 15.4 Å². The normalized spacial score (nSPS) is 18.8. The average Bonchev–Trinajstić information content (AvgIpc) is 3.35. The minimum Gasteiger partial charge on any atom is -0.396 e. The molecule has 6 heteroatoms. The number of rotatable bonds is 4. The molecule has 5 rings (SSSR count). The van der Waals surface area contributed by atoms with Crippen LogP contribution in [0, 0.1) is 5.92 Å². The van der Waals surface area contributed by atoms with Crippen molar-refractivity contribution in [1.29, 1.82) is 0 Å². The number of nitrogens with zero attached hydrogens (tertiary/aromatic N) is 3. The smallest absolute Gasteiger partial charge is 0.258 e. The topological polar surface area (TPSA) is 72.5 Å². The zero-order valence-electron chi connectivity index (χ0n) is 15.8. The van der Waals surface area contributed by atoms with Gasteiger partial charge in [0, 0.05) is 43.5 Å². The number of H-pyrrole nitrogens is 1. The van der Waals surface area contributed by atoms with Crippen LogP contribution in [0.2, 0.25) is 0 Å². The summed E-state index contributed by atoms with van der Waals surface area (Å²) in [5.41, 5.74) is 4.24. The zero-order valence-corrected chi connectivity index (χ0v) is 15.8. The number of aromatic amines is 1. The fourth-order valence-electron chi connectivity index (χ4n) is 4.41. The second kappa shape index (κ2) is 6.95. The lowest BCUT2D eigenvalue weighted by molar-refractivity contribution is 0.238. The van der Waals surface area contributed by atoms with Crippen LogP contribution >= 0.6 is 0 Å². The van der Waals surface area contributed by atoms with E-state index in [2.05, 4.69) is 39.0 Å². The first-order chi connectivity index (χ1) is 13.7. The Bertz CT molecular complexity index is 1080. The number of para-hydroxylation sites is 1. The van der Waals surface area contributed by atoms with Crippen molar-refractivity contribution in [2.24, 2.45) is 5.92 Å². The highest BCUT2D eigenvalue weighted by Crippen LogP contribution is 2.29. The van der Waals surface area contributed by atoms with Crippen molar-refractivity contribution in [2.75, 3.05) is 36.0 Å². The SMILES string of the molecule is O=c1[nH]c(CN2CCc3ccccc32)nc2ccc(N3CCC(CO)C3)cc12. The lowest BCUT2D eigenvalue weighted by atomic mass is 10.1. The number of nitrogens with one attached hydrogen (secondary N) is 1. The first kappa shape index (κ1) is 17.3. The maximum Gasteiger partial charge on any atom is 0.258 e. The van der Waals surface area contributed by atoms with E-state index in [1.807, 2.05) is 18.2 Å². The van der Waals surface area contributed by atoms with Gasteiger partial charge in [0.25, 0.3) is 5.56 Å². The summed E-state index contributed by atoms with van der Waals surface area (Å²) in [7, 11) is 0. The highest BCUT2D eigenvalue weighted by molar-refractivity contribution is 5.82. The molecule has 1 aromatic heterocycles. The first-order valence-corrected chi connectivity index (χ1v) is 9.93. The second-order valence-electron chi connectivity index (χ2n) is 7.80. The number of fused-ring (bicyclic) bond motifs is 2. The monoisotopic (exact) mass is 376 g/mol. The van der Waals surface area contributed by atoms with Crippen LogP contribution in [-0.2, 0) is 13.0 Å². The van der Waals surface area contributed by atoms with Crippen molar-refractivity contribution in [3.63, 3.8) is 0 Å². The molecule has 1 unspecified atom stereocenters. The Hall–Kier alpha value is -2.86. The molecule has 2 aromatic carbocycles. The van der Waals surface area contributed by atoms with E-state index in [-0.39, 0.29) is 12.2 Å². The molecule has 0 aliphatic carbocycles. The maximum atomic E-state index is 12.7. The fraction of sp³-hybridized carbons (Fsp3) is 0.364. The second-order valence-corrected chi connectivity index (χ2v) is 7.80. The van der Waals surface area contributed by atoms with Crippen molar-refractivity contribution in [3.05, 3.63) is 64.2 Å². The fourth-order valence-corrected chi connectivity index (χ4v) is 4.41. The number of hydrogen-bond acceptors (Lipinski definition) is 5. The molecule has 3 heterocycles. The number of aromatic nitrogens is 2. The number of benzene rings is 2. The number of anilines is 2. The van der Waals surface area contributed by atoms with Crippen molar-refractivity contribution < 1.29 is 5.11 Å². The third-order valence-corrected chi connectivity index (χ3v) is 5.97. The highest BCUT2D eigenvalue weighted by atomic mass is 16.3. The summed E-state index contributed by atoms with van der Waals surface area (Å²) < 4.78 is 0. The molecule has 0 amide bonds. The predicted octanol–water partition coefficient (Wildman–Crippen LogP) is 2.30. The third-order valence-electron chi connectivity index (χ3n) is 5.97. The third kappa shape index (κ3) is 3.03. The van der Waals surface area contributed by atoms with E-state index in [1.54, 1.807) is 0 Å². The summed E-state index contributed by atoms with van der Waals surface area (Å²) in [6, 6.07) is 14.3. The van der Waals surface area contributed by atoms with Gasteiger partial charge in [-0.25, -0.2) is 4.98 Å². The average molecular weight is 376 g/mol. The van der Waals surface area contributed by atoms with Gasteiger partial charge in [0.15, 0.2) is 0 Å². The summed E-state index contributed by atoms with van der Waals surface area (Å²) >= 11 is 0. The highest BCUT2D eigenvalue weighted by Gasteiger charge is 2.23. The van der Waals surface area contributed by atoms with Gasteiger partial charge in [-0.1, -0.05) is 18.2 Å². The molecule has 6 nitrogen and oxygen atoms in total. The van der Waals surface area contributed by atoms with Gasteiger partial charge in [0.1, 0.15) is 5.82 Å². The summed E-state index contributed by atoms with van der Waals surface area (Å²) in [5, 5.41) is 9.98. The molecule has 2 N–H and O–H groups in total. The van der Waals surface area contributed by atoms with Crippen molar-refractivity contribution in [1.82, 2.24) is 9.97 Å². The predicted molar refractivity (Wildman–Crippen MR) is 111 cm³/mol. The van der Waals surface area contributed by atoms with Gasteiger partial charge in [-0.3, -0.25) is 4.79 Å². The number of aliphatic hydroxyl groups is 1. The molecule has 3 aromatic rings. The maximum absolute atomic E-state index is 12.7. The van der Waals surface area contributed by atoms with E-state index in [9.17, 15) is 9.90 Å². The van der Waals surface area contributed by atoms with Gasteiger partial charge in [-0.05, 0) is 42.7 Å². The standard InChI is InChI=1S/C22H24N4O2/c27-14-15-7-9-25(12-15)17-5-6-19-18(11-17)22(28)24-21(23-19)13-26-10-8-16-3-1-2-4-20(16)26/h1-6,11,15,27H,7-10,12-14H2,(H,23,24,28). The molecular formula is C22H24N4O2. The molecule has 144 valence electrons. The lowest BCUT2D eigenvalue weighted by Crippen LogP contribution is -2.24. The Balaban J connectivity index is 1.42. The largest absolute Gasteiger partial charge is 0.396 e. The lowest BCUT2D eigenvalue weighted by Gasteiger charge is -2.20. The quantitative estimate of drug-likeness (QED) is 0.731. The molecule has 0 radical (unpaired) electrons. The molecule has 28 heavy (non-hydrogen) atoms. The Morgan fingerprint density at radius 3 is 2.93 bits per heavy atom. The van der Waals surface area contributed by atoms with E-state index < -0.39 is 0 Å². The van der Waals surface area contributed by atoms with Crippen LogP contribution in [0.25, 0.3) is 10.9 Å². The van der Waals surface area contributed by atoms with E-state index in [4.69, 9.17) is 4.98 Å². The van der Waals surface area contributed by atoms with E-state index in [0.717, 1.165) is 43.7 Å². The van der Waals surface area contributed by atoms with E-state index >= 15 is 0 Å². The van der Waals surface area contributed by atoms with Crippen LogP contribution in [0.4, 0.5) is 11.4 Å². The summed E-state index contributed by atoms with van der Waals surface area (Å²) in [6.45, 7) is 3.51. The van der Waals surface area contributed by atoms with Gasteiger partial charge in [0.05, 0.1) is 17.4 Å². The van der Waals surface area contributed by atoms with Gasteiger partial charge in [-0.2, -0.15) is 0 Å². The van der Waals surface area contributed by atoms with Crippen LogP contribution in [0.5, 0.6) is 0 Å². The molecule has 2 aliphatic rings. The van der Waals surface area contributed by atoms with Crippen LogP contribution in [0.1, 0.15) is 17.8 Å². The van der Waals surface area contributed by atoms with Crippen molar-refractivity contribution >= 4 is 22.3 Å². The Morgan fingerprint density at radius 1 is 1.18 bits per heavy atom. The molecule has 0 bridgehead atoms. The van der Waals surface area contributed by atoms with Crippen molar-refractivity contribution in [2.45, 2.75) is 19.4 Å². The Kier molecular flexibility index (Phi) is 4.28. The van der Waals surface area contributed by atoms with Gasteiger partial charge < -0.3 is 19.9 Å². The minimum atomic E-state index is -0.0905.